The normalized spacial score (nSPS) is 16.5. The first-order valence-electron chi connectivity index (χ1n) is 7.18. The summed E-state index contributed by atoms with van der Waals surface area (Å²) < 4.78 is 0. The monoisotopic (exact) mass is 423 g/mol. The summed E-state index contributed by atoms with van der Waals surface area (Å²) >= 11 is 1.72. The van der Waals surface area contributed by atoms with Crippen molar-refractivity contribution in [3.63, 3.8) is 0 Å². The molecule has 1 unspecified atom stereocenters. The Bertz CT molecular complexity index is 458. The Morgan fingerprint density at radius 1 is 1.52 bits per heavy atom. The third-order valence-corrected chi connectivity index (χ3v) is 4.60. The fourth-order valence-corrected chi connectivity index (χ4v) is 2.82. The number of hydrogen-bond acceptors (Lipinski definition) is 4. The van der Waals surface area contributed by atoms with Gasteiger partial charge in [-0.1, -0.05) is 0 Å². The lowest BCUT2D eigenvalue weighted by atomic mass is 10.3. The number of nitrogens with zero attached hydrogens (tertiary/aromatic N) is 3. The number of thiazole rings is 1. The highest BCUT2D eigenvalue weighted by atomic mass is 127. The van der Waals surface area contributed by atoms with E-state index in [0.29, 0.717) is 6.04 Å². The maximum atomic E-state index is 4.34. The van der Waals surface area contributed by atoms with Crippen molar-refractivity contribution in [1.29, 1.82) is 0 Å². The number of guanidine groups is 1. The number of hydrogen-bond donors (Lipinski definition) is 2. The van der Waals surface area contributed by atoms with Crippen molar-refractivity contribution in [1.82, 2.24) is 20.5 Å². The van der Waals surface area contributed by atoms with Gasteiger partial charge >= 0.3 is 0 Å². The van der Waals surface area contributed by atoms with Gasteiger partial charge in [0.1, 0.15) is 5.01 Å². The van der Waals surface area contributed by atoms with Gasteiger partial charge in [0.05, 0.1) is 6.54 Å². The molecule has 1 atom stereocenters. The topological polar surface area (TPSA) is 52.6 Å². The summed E-state index contributed by atoms with van der Waals surface area (Å²) in [5.74, 6) is 0.842. The molecule has 21 heavy (non-hydrogen) atoms. The zero-order valence-corrected chi connectivity index (χ0v) is 16.4. The van der Waals surface area contributed by atoms with Crippen LogP contribution in [0.1, 0.15) is 29.7 Å². The van der Waals surface area contributed by atoms with Gasteiger partial charge in [-0.05, 0) is 33.7 Å². The Balaban J connectivity index is 0.00000220. The molecule has 1 aromatic heterocycles. The van der Waals surface area contributed by atoms with Crippen molar-refractivity contribution in [2.45, 2.75) is 45.3 Å². The zero-order valence-electron chi connectivity index (χ0n) is 13.2. The van der Waals surface area contributed by atoms with E-state index in [1.54, 1.807) is 18.4 Å². The first-order chi connectivity index (χ1) is 9.60. The van der Waals surface area contributed by atoms with E-state index in [4.69, 9.17) is 0 Å². The van der Waals surface area contributed by atoms with Crippen LogP contribution in [0.2, 0.25) is 0 Å². The van der Waals surface area contributed by atoms with Crippen LogP contribution in [0.25, 0.3) is 0 Å². The average molecular weight is 423 g/mol. The summed E-state index contributed by atoms with van der Waals surface area (Å²) in [4.78, 5) is 12.3. The second-order valence-electron chi connectivity index (χ2n) is 5.42. The molecule has 0 aromatic carbocycles. The predicted molar refractivity (Wildman–Crippen MR) is 101 cm³/mol. The van der Waals surface area contributed by atoms with Crippen LogP contribution in [-0.2, 0) is 6.54 Å². The minimum atomic E-state index is 0. The van der Waals surface area contributed by atoms with E-state index in [1.807, 2.05) is 6.20 Å². The van der Waals surface area contributed by atoms with Gasteiger partial charge in [0.25, 0.3) is 0 Å². The van der Waals surface area contributed by atoms with E-state index in [1.165, 1.54) is 17.7 Å². The van der Waals surface area contributed by atoms with Gasteiger partial charge in [-0.3, -0.25) is 9.89 Å². The van der Waals surface area contributed by atoms with Crippen molar-refractivity contribution < 1.29 is 0 Å². The van der Waals surface area contributed by atoms with Crippen molar-refractivity contribution in [3.05, 3.63) is 16.1 Å². The van der Waals surface area contributed by atoms with Crippen LogP contribution in [0.5, 0.6) is 0 Å². The van der Waals surface area contributed by atoms with E-state index in [2.05, 4.69) is 46.4 Å². The molecule has 1 fully saturated rings. The molecule has 0 bridgehead atoms. The fourth-order valence-electron chi connectivity index (χ4n) is 2.09. The quantitative estimate of drug-likeness (QED) is 0.419. The Kier molecular flexibility index (Phi) is 7.89. The van der Waals surface area contributed by atoms with Crippen LogP contribution < -0.4 is 10.6 Å². The Hall–Kier alpha value is -0.410. The minimum absolute atomic E-state index is 0. The van der Waals surface area contributed by atoms with E-state index in [-0.39, 0.29) is 24.0 Å². The molecular formula is C14H26IN5S. The number of nitrogens with one attached hydrogen (secondary N) is 2. The highest BCUT2D eigenvalue weighted by molar-refractivity contribution is 14.0. The second kappa shape index (κ2) is 8.89. The summed E-state index contributed by atoms with van der Waals surface area (Å²) in [6.07, 6.45) is 4.60. The van der Waals surface area contributed by atoms with Gasteiger partial charge in [-0.2, -0.15) is 0 Å². The third kappa shape index (κ3) is 6.07. The number of aromatic nitrogens is 1. The first kappa shape index (κ1) is 18.6. The van der Waals surface area contributed by atoms with Gasteiger partial charge in [0.15, 0.2) is 5.96 Å². The Morgan fingerprint density at radius 3 is 2.76 bits per heavy atom. The van der Waals surface area contributed by atoms with E-state index in [9.17, 15) is 0 Å². The summed E-state index contributed by atoms with van der Waals surface area (Å²) in [6.45, 7) is 5.96. The van der Waals surface area contributed by atoms with Crippen LogP contribution in [0.3, 0.4) is 0 Å². The van der Waals surface area contributed by atoms with Gasteiger partial charge in [-0.25, -0.2) is 4.98 Å². The number of halogens is 1. The van der Waals surface area contributed by atoms with Gasteiger partial charge in [0.2, 0.25) is 0 Å². The number of likely N-dealkylation sites (N-methyl/N-ethyl adjacent to an activating group) is 1. The predicted octanol–water partition coefficient (Wildman–Crippen LogP) is 2.22. The summed E-state index contributed by atoms with van der Waals surface area (Å²) in [7, 11) is 4.01. The molecule has 5 nitrogen and oxygen atoms in total. The number of rotatable bonds is 6. The molecule has 0 saturated heterocycles. The highest BCUT2D eigenvalue weighted by Gasteiger charge is 2.28. The molecule has 0 amide bonds. The average Bonchev–Trinajstić information content (AvgIpc) is 3.21. The zero-order chi connectivity index (χ0) is 14.5. The van der Waals surface area contributed by atoms with E-state index in [0.717, 1.165) is 30.1 Å². The molecule has 1 aromatic rings. The largest absolute Gasteiger partial charge is 0.355 e. The Morgan fingerprint density at radius 2 is 2.24 bits per heavy atom. The molecule has 7 heteroatoms. The smallest absolute Gasteiger partial charge is 0.191 e. The summed E-state index contributed by atoms with van der Waals surface area (Å²) in [5, 5.41) is 7.78. The molecule has 0 aliphatic heterocycles. The standard InChI is InChI=1S/C14H25N5S.HI/c1-10(19(4)12-5-6-12)7-17-14(15-3)18-9-13-16-8-11(2)20-13;/h8,10,12H,5-7,9H2,1-4H3,(H2,15,17,18);1H. The SMILES string of the molecule is CN=C(NCc1ncc(C)s1)NCC(C)N(C)C1CC1.I. The Labute approximate surface area is 148 Å². The molecule has 2 rings (SSSR count). The molecule has 1 aliphatic carbocycles. The van der Waals surface area contributed by atoms with Crippen molar-refractivity contribution >= 4 is 41.3 Å². The molecular weight excluding hydrogens is 397 g/mol. The van der Waals surface area contributed by atoms with Crippen LogP contribution in [0, 0.1) is 6.92 Å². The van der Waals surface area contributed by atoms with Gasteiger partial charge in [0, 0.05) is 36.8 Å². The third-order valence-electron chi connectivity index (χ3n) is 3.68. The lowest BCUT2D eigenvalue weighted by Gasteiger charge is -2.25. The fraction of sp³-hybridized carbons (Fsp3) is 0.714. The number of aryl methyl sites for hydroxylation is 1. The van der Waals surface area contributed by atoms with Crippen LogP contribution >= 0.6 is 35.3 Å². The molecule has 1 saturated carbocycles. The van der Waals surface area contributed by atoms with Crippen LogP contribution in [-0.4, -0.2) is 48.6 Å². The van der Waals surface area contributed by atoms with Crippen LogP contribution in [0.15, 0.2) is 11.2 Å². The van der Waals surface area contributed by atoms with Crippen molar-refractivity contribution in [2.24, 2.45) is 4.99 Å². The van der Waals surface area contributed by atoms with Crippen molar-refractivity contribution in [2.75, 3.05) is 20.6 Å². The lowest BCUT2D eigenvalue weighted by molar-refractivity contribution is 0.247. The maximum Gasteiger partial charge on any atom is 0.191 e. The summed E-state index contributed by atoms with van der Waals surface area (Å²) in [5.41, 5.74) is 0. The van der Waals surface area contributed by atoms with Gasteiger partial charge in [-0.15, -0.1) is 35.3 Å². The van der Waals surface area contributed by atoms with Gasteiger partial charge < -0.3 is 10.6 Å². The van der Waals surface area contributed by atoms with Crippen molar-refractivity contribution in [3.8, 4) is 0 Å². The van der Waals surface area contributed by atoms with Crippen LogP contribution in [0.4, 0.5) is 0 Å². The molecule has 0 spiro atoms. The lowest BCUT2D eigenvalue weighted by Crippen LogP contribution is -2.45. The molecule has 2 N–H and O–H groups in total. The number of aliphatic imine (C=N–C) groups is 1. The molecule has 1 aliphatic rings. The summed E-state index contributed by atoms with van der Waals surface area (Å²) in [6, 6.07) is 1.31. The first-order valence-corrected chi connectivity index (χ1v) is 7.99. The van der Waals surface area contributed by atoms with E-state index >= 15 is 0 Å². The maximum absolute atomic E-state index is 4.34. The second-order valence-corrected chi connectivity index (χ2v) is 6.74. The highest BCUT2D eigenvalue weighted by Crippen LogP contribution is 2.26. The molecule has 1 heterocycles. The van der Waals surface area contributed by atoms with E-state index < -0.39 is 0 Å². The molecule has 0 radical (unpaired) electrons. The minimum Gasteiger partial charge on any atom is -0.355 e. The molecule has 120 valence electrons.